The Kier molecular flexibility index (Phi) is 6.37. The van der Waals surface area contributed by atoms with Gasteiger partial charge in [-0.2, -0.15) is 0 Å². The van der Waals surface area contributed by atoms with E-state index < -0.39 is 0 Å². The van der Waals surface area contributed by atoms with Crippen molar-refractivity contribution in [3.63, 3.8) is 0 Å². The number of rotatable bonds is 7. The number of hydrogen-bond acceptors (Lipinski definition) is 4. The van der Waals surface area contributed by atoms with Crippen molar-refractivity contribution in [2.45, 2.75) is 38.3 Å². The molecule has 0 spiro atoms. The van der Waals surface area contributed by atoms with E-state index in [9.17, 15) is 14.0 Å². The topological polar surface area (TPSA) is 49.9 Å². The maximum atomic E-state index is 13.6. The average Bonchev–Trinajstić information content (AvgIpc) is 3.57. The van der Waals surface area contributed by atoms with Crippen LogP contribution >= 0.6 is 11.3 Å². The van der Waals surface area contributed by atoms with Crippen LogP contribution in [-0.4, -0.2) is 47.4 Å². The lowest BCUT2D eigenvalue weighted by Crippen LogP contribution is -2.48. The SMILES string of the molecule is Cc1ccccc1OC[C@@H]1c2ccsc2CCN1C(=O)CN(C(=O)c1ccc(F)cc1)C1CC1. The summed E-state index contributed by atoms with van der Waals surface area (Å²) in [4.78, 5) is 31.5. The van der Waals surface area contributed by atoms with Crippen molar-refractivity contribution < 1.29 is 18.7 Å². The molecule has 2 heterocycles. The standard InChI is InChI=1S/C27H27FN2O3S/c1-18-4-2-3-5-24(18)33-17-23-22-13-15-34-25(22)12-14-29(23)26(31)16-30(21-10-11-21)27(32)19-6-8-20(28)9-7-19/h2-9,13,15,21,23H,10-12,14,16-17H2,1H3/t23-/m1/s1. The van der Waals surface area contributed by atoms with Crippen molar-refractivity contribution in [3.8, 4) is 5.75 Å². The van der Waals surface area contributed by atoms with Crippen molar-refractivity contribution in [1.82, 2.24) is 9.80 Å². The molecule has 0 N–H and O–H groups in total. The van der Waals surface area contributed by atoms with Gasteiger partial charge in [-0.25, -0.2) is 4.39 Å². The number of aryl methyl sites for hydroxylation is 1. The molecule has 1 atom stereocenters. The molecule has 5 rings (SSSR count). The summed E-state index contributed by atoms with van der Waals surface area (Å²) < 4.78 is 19.5. The Labute approximate surface area is 202 Å². The number of nitrogens with zero attached hydrogens (tertiary/aromatic N) is 2. The highest BCUT2D eigenvalue weighted by atomic mass is 32.1. The summed E-state index contributed by atoms with van der Waals surface area (Å²) in [6.45, 7) is 2.97. The summed E-state index contributed by atoms with van der Waals surface area (Å²) in [5.74, 6) is 0.111. The second-order valence-corrected chi connectivity index (χ2v) is 9.90. The maximum Gasteiger partial charge on any atom is 0.254 e. The lowest BCUT2D eigenvalue weighted by Gasteiger charge is -2.37. The monoisotopic (exact) mass is 478 g/mol. The van der Waals surface area contributed by atoms with E-state index in [0.29, 0.717) is 18.7 Å². The molecular weight excluding hydrogens is 451 g/mol. The Morgan fingerprint density at radius 1 is 1.12 bits per heavy atom. The third kappa shape index (κ3) is 4.71. The second kappa shape index (κ2) is 9.58. The van der Waals surface area contributed by atoms with Gasteiger partial charge >= 0.3 is 0 Å². The van der Waals surface area contributed by atoms with Crippen LogP contribution in [0.3, 0.4) is 0 Å². The van der Waals surface area contributed by atoms with Gasteiger partial charge in [0.05, 0.1) is 6.04 Å². The van der Waals surface area contributed by atoms with E-state index >= 15 is 0 Å². The molecular formula is C27H27FN2O3S. The van der Waals surface area contributed by atoms with Crippen LogP contribution in [0.15, 0.2) is 60.0 Å². The molecule has 176 valence electrons. The van der Waals surface area contributed by atoms with Crippen LogP contribution < -0.4 is 4.74 Å². The van der Waals surface area contributed by atoms with Crippen LogP contribution in [0.1, 0.15) is 45.2 Å². The van der Waals surface area contributed by atoms with Crippen molar-refractivity contribution in [1.29, 1.82) is 0 Å². The normalized spacial score (nSPS) is 17.2. The van der Waals surface area contributed by atoms with Crippen LogP contribution in [0.5, 0.6) is 5.75 Å². The van der Waals surface area contributed by atoms with E-state index in [1.165, 1.54) is 29.1 Å². The first-order valence-corrected chi connectivity index (χ1v) is 12.5. The Morgan fingerprint density at radius 3 is 2.62 bits per heavy atom. The fraction of sp³-hybridized carbons (Fsp3) is 0.333. The molecule has 2 amide bonds. The summed E-state index contributed by atoms with van der Waals surface area (Å²) in [6.07, 6.45) is 2.57. The highest BCUT2D eigenvalue weighted by Gasteiger charge is 2.38. The number of ether oxygens (including phenoxy) is 1. The summed E-state index contributed by atoms with van der Waals surface area (Å²) in [5, 5.41) is 2.06. The van der Waals surface area contributed by atoms with E-state index in [4.69, 9.17) is 4.74 Å². The number of amides is 2. The first-order chi connectivity index (χ1) is 16.5. The van der Waals surface area contributed by atoms with Gasteiger partial charge in [0.25, 0.3) is 5.91 Å². The van der Waals surface area contributed by atoms with Gasteiger partial charge in [-0.1, -0.05) is 18.2 Å². The number of hydrogen-bond donors (Lipinski definition) is 0. The van der Waals surface area contributed by atoms with Crippen LogP contribution in [0, 0.1) is 12.7 Å². The molecule has 5 nitrogen and oxygen atoms in total. The molecule has 2 aliphatic rings. The minimum Gasteiger partial charge on any atom is -0.491 e. The lowest BCUT2D eigenvalue weighted by atomic mass is 10.00. The number of halogens is 1. The molecule has 7 heteroatoms. The first-order valence-electron chi connectivity index (χ1n) is 11.6. The van der Waals surface area contributed by atoms with Crippen LogP contribution in [0.4, 0.5) is 4.39 Å². The summed E-state index contributed by atoms with van der Waals surface area (Å²) >= 11 is 1.71. The first kappa shape index (κ1) is 22.6. The predicted molar refractivity (Wildman–Crippen MR) is 130 cm³/mol. The number of carbonyl (C=O) groups is 2. The Hall–Kier alpha value is -3.19. The number of benzene rings is 2. The molecule has 1 aliphatic carbocycles. The van der Waals surface area contributed by atoms with Crippen LogP contribution in [0.2, 0.25) is 0 Å². The Morgan fingerprint density at radius 2 is 1.88 bits per heavy atom. The smallest absolute Gasteiger partial charge is 0.254 e. The molecule has 1 saturated carbocycles. The van der Waals surface area contributed by atoms with Gasteiger partial charge in [0.1, 0.15) is 24.7 Å². The largest absolute Gasteiger partial charge is 0.491 e. The highest BCUT2D eigenvalue weighted by Crippen LogP contribution is 2.35. The summed E-state index contributed by atoms with van der Waals surface area (Å²) in [5.41, 5.74) is 2.58. The highest BCUT2D eigenvalue weighted by molar-refractivity contribution is 7.10. The van der Waals surface area contributed by atoms with Gasteiger partial charge in [0.2, 0.25) is 5.91 Å². The molecule has 0 radical (unpaired) electrons. The second-order valence-electron chi connectivity index (χ2n) is 8.90. The van der Waals surface area contributed by atoms with Gasteiger partial charge < -0.3 is 14.5 Å². The van der Waals surface area contributed by atoms with Crippen molar-refractivity contribution in [2.24, 2.45) is 0 Å². The zero-order valence-corrected chi connectivity index (χ0v) is 19.9. The number of thiophene rings is 1. The predicted octanol–water partition coefficient (Wildman–Crippen LogP) is 5.01. The summed E-state index contributed by atoms with van der Waals surface area (Å²) in [6, 6.07) is 15.3. The number of carbonyl (C=O) groups excluding carboxylic acids is 2. The van der Waals surface area contributed by atoms with Gasteiger partial charge in [-0.3, -0.25) is 9.59 Å². The molecule has 3 aromatic rings. The summed E-state index contributed by atoms with van der Waals surface area (Å²) in [7, 11) is 0. The van der Waals surface area contributed by atoms with E-state index in [-0.39, 0.29) is 36.3 Å². The third-order valence-electron chi connectivity index (χ3n) is 6.55. The van der Waals surface area contributed by atoms with Gasteiger partial charge in [-0.15, -0.1) is 11.3 Å². The van der Waals surface area contributed by atoms with Crippen molar-refractivity contribution >= 4 is 23.2 Å². The van der Waals surface area contributed by atoms with Crippen molar-refractivity contribution in [3.05, 3.63) is 87.4 Å². The third-order valence-corrected chi connectivity index (χ3v) is 7.55. The van der Waals surface area contributed by atoms with Crippen molar-refractivity contribution in [2.75, 3.05) is 19.7 Å². The Bertz CT molecular complexity index is 1190. The van der Waals surface area contributed by atoms with Gasteiger partial charge in [0, 0.05) is 23.0 Å². The van der Waals surface area contributed by atoms with Gasteiger partial charge in [0.15, 0.2) is 0 Å². The van der Waals surface area contributed by atoms with E-state index in [2.05, 4.69) is 11.4 Å². The van der Waals surface area contributed by atoms with E-state index in [0.717, 1.165) is 36.1 Å². The van der Waals surface area contributed by atoms with E-state index in [1.807, 2.05) is 36.1 Å². The minimum atomic E-state index is -0.387. The Balaban J connectivity index is 1.34. The minimum absolute atomic E-state index is 0.0151. The zero-order chi connectivity index (χ0) is 23.7. The molecule has 0 unspecified atom stereocenters. The van der Waals surface area contributed by atoms with Crippen LogP contribution in [0.25, 0.3) is 0 Å². The molecule has 1 aromatic heterocycles. The average molecular weight is 479 g/mol. The molecule has 2 aromatic carbocycles. The molecule has 0 saturated heterocycles. The number of para-hydroxylation sites is 1. The fourth-order valence-corrected chi connectivity index (χ4v) is 5.44. The molecule has 0 bridgehead atoms. The molecule has 34 heavy (non-hydrogen) atoms. The zero-order valence-electron chi connectivity index (χ0n) is 19.1. The van der Waals surface area contributed by atoms with E-state index in [1.54, 1.807) is 16.2 Å². The fourth-order valence-electron chi connectivity index (χ4n) is 4.51. The lowest BCUT2D eigenvalue weighted by molar-refractivity contribution is -0.135. The molecule has 1 aliphatic heterocycles. The quantitative estimate of drug-likeness (QED) is 0.480. The molecule has 1 fully saturated rings. The maximum absolute atomic E-state index is 13.6. The van der Waals surface area contributed by atoms with Gasteiger partial charge in [-0.05, 0) is 79.1 Å². The number of fused-ring (bicyclic) bond motifs is 1. The van der Waals surface area contributed by atoms with Crippen LogP contribution in [-0.2, 0) is 11.2 Å².